The van der Waals surface area contributed by atoms with Gasteiger partial charge in [0.05, 0.1) is 6.07 Å². The van der Waals surface area contributed by atoms with Crippen molar-refractivity contribution in [2.45, 2.75) is 42.9 Å². The quantitative estimate of drug-likeness (QED) is 0.730. The first-order valence-electron chi connectivity index (χ1n) is 5.39. The predicted octanol–water partition coefficient (Wildman–Crippen LogP) is 1.32. The zero-order valence-corrected chi connectivity index (χ0v) is 10.0. The first kappa shape index (κ1) is 11.4. The fourth-order valence-electron chi connectivity index (χ4n) is 1.45. The van der Waals surface area contributed by atoms with Crippen molar-refractivity contribution in [3.63, 3.8) is 0 Å². The summed E-state index contributed by atoms with van der Waals surface area (Å²) in [5.41, 5.74) is -0.409. The molecule has 2 N–H and O–H groups in total. The molecule has 0 amide bonds. The molecule has 5 nitrogen and oxygen atoms in total. The molecule has 86 valence electrons. The Labute approximate surface area is 99.0 Å². The summed E-state index contributed by atoms with van der Waals surface area (Å²) in [5.74, 6) is 0.860. The molecule has 1 aliphatic carbocycles. The summed E-state index contributed by atoms with van der Waals surface area (Å²) in [4.78, 5) is 4.03. The van der Waals surface area contributed by atoms with Crippen molar-refractivity contribution in [3.05, 3.63) is 6.33 Å². The van der Waals surface area contributed by atoms with E-state index in [2.05, 4.69) is 26.6 Å². The Morgan fingerprint density at radius 2 is 2.56 bits per heavy atom. The van der Waals surface area contributed by atoms with Crippen LogP contribution in [0.2, 0.25) is 0 Å². The third-order valence-corrected chi connectivity index (χ3v) is 3.46. The molecule has 1 aliphatic rings. The molecule has 0 aliphatic heterocycles. The number of thioether (sulfide) groups is 1. The van der Waals surface area contributed by atoms with E-state index < -0.39 is 5.54 Å². The normalized spacial score (nSPS) is 19.0. The molecule has 0 saturated heterocycles. The lowest BCUT2D eigenvalue weighted by molar-refractivity contribution is 0.433. The summed E-state index contributed by atoms with van der Waals surface area (Å²) in [5, 5.41) is 19.9. The smallest absolute Gasteiger partial charge is 0.183 e. The van der Waals surface area contributed by atoms with E-state index in [1.54, 1.807) is 11.8 Å². The Morgan fingerprint density at radius 1 is 1.75 bits per heavy atom. The summed E-state index contributed by atoms with van der Waals surface area (Å²) in [7, 11) is 0. The maximum Gasteiger partial charge on any atom is 0.183 e. The first-order valence-corrected chi connectivity index (χ1v) is 6.37. The molecule has 1 saturated carbocycles. The Bertz CT molecular complexity index is 367. The Morgan fingerprint density at radius 3 is 3.12 bits per heavy atom. The van der Waals surface area contributed by atoms with Gasteiger partial charge >= 0.3 is 0 Å². The minimum atomic E-state index is -0.409. The molecule has 1 heterocycles. The van der Waals surface area contributed by atoms with Crippen LogP contribution in [0.5, 0.6) is 0 Å². The molecule has 1 aromatic heterocycles. The molecule has 0 spiro atoms. The van der Waals surface area contributed by atoms with Crippen molar-refractivity contribution in [3.8, 4) is 6.07 Å². The molecule has 1 atom stereocenters. The highest BCUT2D eigenvalue weighted by Gasteiger charge is 2.32. The van der Waals surface area contributed by atoms with Crippen LogP contribution >= 0.6 is 11.8 Å². The molecular weight excluding hydrogens is 222 g/mol. The number of nitrogens with one attached hydrogen (secondary N) is 2. The van der Waals surface area contributed by atoms with Gasteiger partial charge in [-0.2, -0.15) is 10.4 Å². The predicted molar refractivity (Wildman–Crippen MR) is 61.9 cm³/mol. The summed E-state index contributed by atoms with van der Waals surface area (Å²) >= 11 is 1.60. The van der Waals surface area contributed by atoms with Crippen LogP contribution in [-0.2, 0) is 0 Å². The van der Waals surface area contributed by atoms with E-state index >= 15 is 0 Å². The topological polar surface area (TPSA) is 77.4 Å². The minimum absolute atomic E-state index is 0.409. The van der Waals surface area contributed by atoms with Crippen LogP contribution in [0.15, 0.2) is 11.5 Å². The second-order valence-electron chi connectivity index (χ2n) is 4.25. The van der Waals surface area contributed by atoms with Crippen molar-refractivity contribution in [2.75, 3.05) is 5.75 Å². The molecule has 0 aromatic carbocycles. The van der Waals surface area contributed by atoms with Crippen LogP contribution in [0, 0.1) is 11.3 Å². The molecule has 1 aromatic rings. The molecule has 1 fully saturated rings. The maximum atomic E-state index is 9.16. The molecule has 2 rings (SSSR count). The van der Waals surface area contributed by atoms with Gasteiger partial charge in [0.2, 0.25) is 0 Å². The zero-order valence-electron chi connectivity index (χ0n) is 9.23. The van der Waals surface area contributed by atoms with Crippen molar-refractivity contribution < 1.29 is 0 Å². The fraction of sp³-hybridized carbons (Fsp3) is 0.700. The second kappa shape index (κ2) is 4.85. The number of hydrogen-bond acceptors (Lipinski definition) is 5. The fourth-order valence-corrected chi connectivity index (χ4v) is 2.40. The van der Waals surface area contributed by atoms with Crippen LogP contribution in [0.3, 0.4) is 0 Å². The highest BCUT2D eigenvalue weighted by molar-refractivity contribution is 7.99. The maximum absolute atomic E-state index is 9.16. The van der Waals surface area contributed by atoms with E-state index in [1.165, 1.54) is 19.2 Å². The van der Waals surface area contributed by atoms with Crippen LogP contribution in [0.4, 0.5) is 0 Å². The van der Waals surface area contributed by atoms with Crippen molar-refractivity contribution >= 4 is 11.8 Å². The number of hydrogen-bond donors (Lipinski definition) is 2. The molecule has 16 heavy (non-hydrogen) atoms. The summed E-state index contributed by atoms with van der Waals surface area (Å²) in [6, 6.07) is 2.91. The van der Waals surface area contributed by atoms with Gasteiger partial charge in [0.15, 0.2) is 5.16 Å². The first-order chi connectivity index (χ1) is 7.72. The van der Waals surface area contributed by atoms with Crippen molar-refractivity contribution in [2.24, 2.45) is 0 Å². The molecule has 0 bridgehead atoms. The lowest BCUT2D eigenvalue weighted by atomic mass is 10.0. The number of H-pyrrole nitrogens is 1. The standard InChI is InChI=1S/C10H15N5S/c1-10(6-11,14-8-2-3-8)4-5-16-9-12-7-13-15-9/h7-8,14H,2-5H2,1H3,(H,12,13,15). The zero-order chi connectivity index (χ0) is 11.4. The van der Waals surface area contributed by atoms with Gasteiger partial charge in [-0.15, -0.1) is 0 Å². The Balaban J connectivity index is 1.76. The summed E-state index contributed by atoms with van der Waals surface area (Å²) in [6.07, 6.45) is 4.71. The largest absolute Gasteiger partial charge is 0.297 e. The van der Waals surface area contributed by atoms with Crippen LogP contribution in [-0.4, -0.2) is 32.5 Å². The third kappa shape index (κ3) is 3.22. The highest BCUT2D eigenvalue weighted by Crippen LogP contribution is 2.25. The minimum Gasteiger partial charge on any atom is -0.297 e. The molecular formula is C10H15N5S. The van der Waals surface area contributed by atoms with E-state index in [0.717, 1.165) is 17.3 Å². The van der Waals surface area contributed by atoms with Crippen molar-refractivity contribution in [1.82, 2.24) is 20.5 Å². The monoisotopic (exact) mass is 237 g/mol. The average molecular weight is 237 g/mol. The van der Waals surface area contributed by atoms with Gasteiger partial charge in [0.25, 0.3) is 0 Å². The number of nitriles is 1. The van der Waals surface area contributed by atoms with Gasteiger partial charge in [0, 0.05) is 11.8 Å². The van der Waals surface area contributed by atoms with Crippen molar-refractivity contribution in [1.29, 1.82) is 5.26 Å². The lowest BCUT2D eigenvalue weighted by Crippen LogP contribution is -2.42. The molecule has 1 unspecified atom stereocenters. The third-order valence-electron chi connectivity index (χ3n) is 2.58. The van der Waals surface area contributed by atoms with E-state index in [9.17, 15) is 0 Å². The van der Waals surface area contributed by atoms with Gasteiger partial charge in [0.1, 0.15) is 11.9 Å². The highest BCUT2D eigenvalue weighted by atomic mass is 32.2. The van der Waals surface area contributed by atoms with Gasteiger partial charge in [-0.1, -0.05) is 11.8 Å². The van der Waals surface area contributed by atoms with E-state index in [1.807, 2.05) is 6.92 Å². The van der Waals surface area contributed by atoms with Crippen LogP contribution < -0.4 is 5.32 Å². The number of aromatic nitrogens is 3. The van der Waals surface area contributed by atoms with E-state index in [-0.39, 0.29) is 0 Å². The lowest BCUT2D eigenvalue weighted by Gasteiger charge is -2.22. The SMILES string of the molecule is CC(C#N)(CCSc1ncn[nH]1)NC1CC1. The Hall–Kier alpha value is -1.06. The molecule has 0 radical (unpaired) electrons. The van der Waals surface area contributed by atoms with Crippen LogP contribution in [0.1, 0.15) is 26.2 Å². The number of aromatic amines is 1. The summed E-state index contributed by atoms with van der Waals surface area (Å²) in [6.45, 7) is 1.96. The van der Waals surface area contributed by atoms with Gasteiger partial charge in [-0.25, -0.2) is 4.98 Å². The second-order valence-corrected chi connectivity index (χ2v) is 5.34. The summed E-state index contributed by atoms with van der Waals surface area (Å²) < 4.78 is 0. The number of nitrogens with zero attached hydrogens (tertiary/aromatic N) is 3. The van der Waals surface area contributed by atoms with Gasteiger partial charge in [-0.3, -0.25) is 10.4 Å². The van der Waals surface area contributed by atoms with Gasteiger partial charge in [-0.05, 0) is 26.2 Å². The van der Waals surface area contributed by atoms with Crippen LogP contribution in [0.25, 0.3) is 0 Å². The van der Waals surface area contributed by atoms with E-state index in [4.69, 9.17) is 5.26 Å². The molecule has 6 heteroatoms. The van der Waals surface area contributed by atoms with E-state index in [0.29, 0.717) is 6.04 Å². The number of rotatable bonds is 6. The van der Waals surface area contributed by atoms with Gasteiger partial charge < -0.3 is 0 Å². The Kier molecular flexibility index (Phi) is 3.46. The average Bonchev–Trinajstić information content (AvgIpc) is 2.92.